The van der Waals surface area contributed by atoms with E-state index in [9.17, 15) is 5.11 Å². The summed E-state index contributed by atoms with van der Waals surface area (Å²) in [4.78, 5) is 4.14. The maximum atomic E-state index is 9.22. The standard InChI is InChI=1S/C12H9BrINO2/c13-9-5-8(7-16)12(15-6-9)17-11-3-1-10(14)2-4-11/h1-6,16H,7H2. The Labute approximate surface area is 121 Å². The number of aliphatic hydroxyl groups excluding tert-OH is 1. The molecule has 0 spiro atoms. The van der Waals surface area contributed by atoms with Gasteiger partial charge in [0.25, 0.3) is 0 Å². The van der Waals surface area contributed by atoms with Crippen molar-refractivity contribution in [3.8, 4) is 11.6 Å². The number of halogens is 2. The molecule has 0 bridgehead atoms. The molecule has 0 aliphatic heterocycles. The average Bonchev–Trinajstić information content (AvgIpc) is 2.34. The Morgan fingerprint density at radius 2 is 2.00 bits per heavy atom. The number of hydrogen-bond acceptors (Lipinski definition) is 3. The van der Waals surface area contributed by atoms with Crippen molar-refractivity contribution in [3.63, 3.8) is 0 Å². The van der Waals surface area contributed by atoms with E-state index in [-0.39, 0.29) is 6.61 Å². The molecule has 88 valence electrons. The van der Waals surface area contributed by atoms with Crippen molar-refractivity contribution < 1.29 is 9.84 Å². The number of aliphatic hydroxyl groups is 1. The van der Waals surface area contributed by atoms with Crippen LogP contribution < -0.4 is 4.74 Å². The lowest BCUT2D eigenvalue weighted by atomic mass is 10.3. The highest BCUT2D eigenvalue weighted by molar-refractivity contribution is 14.1. The van der Waals surface area contributed by atoms with Crippen molar-refractivity contribution in [1.29, 1.82) is 0 Å². The summed E-state index contributed by atoms with van der Waals surface area (Å²) in [5.74, 6) is 1.13. The van der Waals surface area contributed by atoms with Gasteiger partial charge in [0.1, 0.15) is 5.75 Å². The van der Waals surface area contributed by atoms with Gasteiger partial charge in [-0.05, 0) is 68.9 Å². The van der Waals surface area contributed by atoms with Crippen LogP contribution in [0.5, 0.6) is 11.6 Å². The second-order valence-corrected chi connectivity index (χ2v) is 5.49. The van der Waals surface area contributed by atoms with Gasteiger partial charge in [0.05, 0.1) is 6.61 Å². The van der Waals surface area contributed by atoms with E-state index in [0.29, 0.717) is 17.2 Å². The largest absolute Gasteiger partial charge is 0.439 e. The maximum absolute atomic E-state index is 9.22. The van der Waals surface area contributed by atoms with Gasteiger partial charge in [-0.25, -0.2) is 4.98 Å². The number of benzene rings is 1. The zero-order valence-corrected chi connectivity index (χ0v) is 12.5. The lowest BCUT2D eigenvalue weighted by Crippen LogP contribution is -1.94. The van der Waals surface area contributed by atoms with E-state index in [1.54, 1.807) is 12.3 Å². The number of rotatable bonds is 3. The van der Waals surface area contributed by atoms with Crippen LogP contribution in [-0.4, -0.2) is 10.1 Å². The topological polar surface area (TPSA) is 42.4 Å². The molecule has 0 atom stereocenters. The third kappa shape index (κ3) is 3.40. The molecule has 0 aliphatic carbocycles. The van der Waals surface area contributed by atoms with E-state index in [0.717, 1.165) is 8.04 Å². The average molecular weight is 406 g/mol. The number of hydrogen-bond donors (Lipinski definition) is 1. The smallest absolute Gasteiger partial charge is 0.224 e. The van der Waals surface area contributed by atoms with Crippen LogP contribution >= 0.6 is 38.5 Å². The van der Waals surface area contributed by atoms with Crippen LogP contribution in [-0.2, 0) is 6.61 Å². The Morgan fingerprint density at radius 1 is 1.29 bits per heavy atom. The summed E-state index contributed by atoms with van der Waals surface area (Å²) in [6, 6.07) is 9.43. The van der Waals surface area contributed by atoms with Crippen molar-refractivity contribution in [1.82, 2.24) is 4.98 Å². The highest BCUT2D eigenvalue weighted by Crippen LogP contribution is 2.25. The summed E-state index contributed by atoms with van der Waals surface area (Å²) < 4.78 is 7.57. The van der Waals surface area contributed by atoms with E-state index < -0.39 is 0 Å². The molecule has 0 radical (unpaired) electrons. The third-order valence-corrected chi connectivity index (χ3v) is 3.24. The molecule has 1 N–H and O–H groups in total. The third-order valence-electron chi connectivity index (χ3n) is 2.09. The molecule has 0 unspecified atom stereocenters. The van der Waals surface area contributed by atoms with Gasteiger partial charge in [0.2, 0.25) is 5.88 Å². The molecule has 2 rings (SSSR count). The summed E-state index contributed by atoms with van der Waals surface area (Å²) in [5.41, 5.74) is 0.651. The number of ether oxygens (including phenoxy) is 1. The monoisotopic (exact) mass is 405 g/mol. The Balaban J connectivity index is 2.26. The zero-order valence-electron chi connectivity index (χ0n) is 8.73. The van der Waals surface area contributed by atoms with Gasteiger partial charge in [-0.3, -0.25) is 0 Å². The molecule has 5 heteroatoms. The molecule has 0 amide bonds. The number of aromatic nitrogens is 1. The fraction of sp³-hybridized carbons (Fsp3) is 0.0833. The summed E-state index contributed by atoms with van der Waals surface area (Å²) in [5, 5.41) is 9.22. The zero-order chi connectivity index (χ0) is 12.3. The van der Waals surface area contributed by atoms with Gasteiger partial charge in [-0.2, -0.15) is 0 Å². The molecule has 1 heterocycles. The van der Waals surface area contributed by atoms with Crippen LogP contribution in [0.25, 0.3) is 0 Å². The van der Waals surface area contributed by atoms with Crippen LogP contribution in [0.15, 0.2) is 41.0 Å². The second kappa shape index (κ2) is 5.79. The molecule has 2 aromatic rings. The SMILES string of the molecule is OCc1cc(Br)cnc1Oc1ccc(I)cc1. The normalized spacial score (nSPS) is 10.3. The van der Waals surface area contributed by atoms with Gasteiger partial charge in [-0.15, -0.1) is 0 Å². The van der Waals surface area contributed by atoms with Crippen LogP contribution in [0, 0.1) is 3.57 Å². The first-order valence-electron chi connectivity index (χ1n) is 4.88. The number of nitrogens with zero attached hydrogens (tertiary/aromatic N) is 1. The first-order valence-corrected chi connectivity index (χ1v) is 6.75. The molecule has 0 saturated carbocycles. The molecular weight excluding hydrogens is 397 g/mol. The Kier molecular flexibility index (Phi) is 4.36. The van der Waals surface area contributed by atoms with E-state index in [1.165, 1.54) is 0 Å². The quantitative estimate of drug-likeness (QED) is 0.791. The Morgan fingerprint density at radius 3 is 2.65 bits per heavy atom. The minimum absolute atomic E-state index is 0.105. The van der Waals surface area contributed by atoms with Gasteiger partial charge in [-0.1, -0.05) is 0 Å². The Hall–Kier alpha value is -0.660. The van der Waals surface area contributed by atoms with Crippen molar-refractivity contribution in [2.24, 2.45) is 0 Å². The number of pyridine rings is 1. The molecule has 0 fully saturated rings. The highest BCUT2D eigenvalue weighted by Gasteiger charge is 2.06. The summed E-state index contributed by atoms with van der Waals surface area (Å²) >= 11 is 5.53. The summed E-state index contributed by atoms with van der Waals surface area (Å²) in [6.07, 6.45) is 1.64. The first-order chi connectivity index (χ1) is 8.19. The predicted molar refractivity (Wildman–Crippen MR) is 77.1 cm³/mol. The minimum atomic E-state index is -0.105. The van der Waals surface area contributed by atoms with Gasteiger partial charge < -0.3 is 9.84 Å². The van der Waals surface area contributed by atoms with Crippen molar-refractivity contribution in [3.05, 3.63) is 50.1 Å². The van der Waals surface area contributed by atoms with Crippen LogP contribution in [0.3, 0.4) is 0 Å². The molecule has 1 aromatic carbocycles. The lowest BCUT2D eigenvalue weighted by molar-refractivity contribution is 0.275. The predicted octanol–water partition coefficient (Wildman–Crippen LogP) is 3.73. The fourth-order valence-corrected chi connectivity index (χ4v) is 2.03. The van der Waals surface area contributed by atoms with Gasteiger partial charge in [0.15, 0.2) is 0 Å². The first kappa shape index (κ1) is 12.8. The van der Waals surface area contributed by atoms with E-state index in [2.05, 4.69) is 43.5 Å². The molecule has 1 aromatic heterocycles. The summed E-state index contributed by atoms with van der Waals surface area (Å²) in [7, 11) is 0. The van der Waals surface area contributed by atoms with Crippen molar-refractivity contribution >= 4 is 38.5 Å². The highest BCUT2D eigenvalue weighted by atomic mass is 127. The van der Waals surface area contributed by atoms with Crippen LogP contribution in [0.4, 0.5) is 0 Å². The molecule has 3 nitrogen and oxygen atoms in total. The molecule has 17 heavy (non-hydrogen) atoms. The fourth-order valence-electron chi connectivity index (χ4n) is 1.29. The van der Waals surface area contributed by atoms with Crippen molar-refractivity contribution in [2.45, 2.75) is 6.61 Å². The van der Waals surface area contributed by atoms with E-state index >= 15 is 0 Å². The van der Waals surface area contributed by atoms with Gasteiger partial charge in [0, 0.05) is 19.8 Å². The molecular formula is C12H9BrINO2. The van der Waals surface area contributed by atoms with Gasteiger partial charge >= 0.3 is 0 Å². The van der Waals surface area contributed by atoms with E-state index in [4.69, 9.17) is 4.74 Å². The Bertz CT molecular complexity index is 516. The summed E-state index contributed by atoms with van der Waals surface area (Å²) in [6.45, 7) is -0.105. The van der Waals surface area contributed by atoms with Crippen LogP contribution in [0.1, 0.15) is 5.56 Å². The molecule has 0 saturated heterocycles. The lowest BCUT2D eigenvalue weighted by Gasteiger charge is -2.08. The molecule has 0 aliphatic rings. The van der Waals surface area contributed by atoms with Crippen LogP contribution in [0.2, 0.25) is 0 Å². The van der Waals surface area contributed by atoms with E-state index in [1.807, 2.05) is 24.3 Å². The van der Waals surface area contributed by atoms with Crippen molar-refractivity contribution in [2.75, 3.05) is 0 Å². The second-order valence-electron chi connectivity index (χ2n) is 3.33. The maximum Gasteiger partial charge on any atom is 0.224 e. The minimum Gasteiger partial charge on any atom is -0.439 e.